The number of nitrogens with one attached hydrogen (secondary N) is 1. The summed E-state index contributed by atoms with van der Waals surface area (Å²) in [6.07, 6.45) is 5.71. The summed E-state index contributed by atoms with van der Waals surface area (Å²) in [4.78, 5) is 23.2. The maximum Gasteiger partial charge on any atom is 0.225 e. The molecule has 1 fully saturated rings. The van der Waals surface area contributed by atoms with Crippen LogP contribution in [0.1, 0.15) is 33.6 Å². The number of piperidine rings is 1. The molecule has 1 saturated heterocycles. The molecule has 3 rings (SSSR count). The monoisotopic (exact) mass is 318 g/mol. The van der Waals surface area contributed by atoms with Gasteiger partial charge < -0.3 is 10.2 Å². The molecule has 0 aromatic carbocycles. The van der Waals surface area contributed by atoms with Crippen molar-refractivity contribution in [3.8, 4) is 0 Å². The Hall–Kier alpha value is -1.69. The van der Waals surface area contributed by atoms with Crippen LogP contribution in [0, 0.1) is 5.41 Å². The lowest BCUT2D eigenvalue weighted by molar-refractivity contribution is -0.129. The third-order valence-corrected chi connectivity index (χ3v) is 4.98. The van der Waals surface area contributed by atoms with Gasteiger partial charge in [0.15, 0.2) is 5.13 Å². The highest BCUT2D eigenvalue weighted by Crippen LogP contribution is 2.30. The van der Waals surface area contributed by atoms with Gasteiger partial charge in [-0.2, -0.15) is 0 Å². The van der Waals surface area contributed by atoms with Gasteiger partial charge in [0.2, 0.25) is 5.91 Å². The van der Waals surface area contributed by atoms with Gasteiger partial charge in [-0.15, -0.1) is 0 Å². The lowest BCUT2D eigenvalue weighted by atomic mass is 9.94. The molecule has 1 aliphatic heterocycles. The van der Waals surface area contributed by atoms with E-state index in [0.29, 0.717) is 0 Å². The van der Waals surface area contributed by atoms with Crippen molar-refractivity contribution in [2.24, 2.45) is 5.41 Å². The predicted molar refractivity (Wildman–Crippen MR) is 90.2 cm³/mol. The molecule has 22 heavy (non-hydrogen) atoms. The maximum atomic E-state index is 12.2. The van der Waals surface area contributed by atoms with Gasteiger partial charge >= 0.3 is 0 Å². The number of thiazole rings is 1. The largest absolute Gasteiger partial charge is 0.351 e. The van der Waals surface area contributed by atoms with Crippen LogP contribution in [0.4, 0.5) is 5.13 Å². The van der Waals surface area contributed by atoms with Crippen molar-refractivity contribution in [1.29, 1.82) is 0 Å². The normalized spacial score (nSPS) is 19.4. The van der Waals surface area contributed by atoms with Crippen LogP contribution in [0.5, 0.6) is 0 Å². The van der Waals surface area contributed by atoms with E-state index in [1.807, 2.05) is 26.8 Å². The number of aromatic nitrogens is 2. The second-order valence-corrected chi connectivity index (χ2v) is 7.86. The van der Waals surface area contributed by atoms with Crippen molar-refractivity contribution in [3.05, 3.63) is 18.5 Å². The molecule has 0 spiro atoms. The van der Waals surface area contributed by atoms with Crippen molar-refractivity contribution >= 4 is 32.6 Å². The molecule has 0 aliphatic carbocycles. The summed E-state index contributed by atoms with van der Waals surface area (Å²) in [5.74, 6) is 0.118. The molecule has 1 N–H and O–H groups in total. The summed E-state index contributed by atoms with van der Waals surface area (Å²) in [6, 6.07) is 2.20. The summed E-state index contributed by atoms with van der Waals surface area (Å²) in [6.45, 7) is 7.67. The number of anilines is 1. The average molecular weight is 318 g/mol. The van der Waals surface area contributed by atoms with Crippen LogP contribution in [0.3, 0.4) is 0 Å². The number of nitrogens with zero attached hydrogens (tertiary/aromatic N) is 3. The van der Waals surface area contributed by atoms with E-state index >= 15 is 0 Å². The number of pyridine rings is 1. The lowest BCUT2D eigenvalue weighted by Crippen LogP contribution is -2.50. The fraction of sp³-hybridized carbons (Fsp3) is 0.562. The molecule has 5 nitrogen and oxygen atoms in total. The summed E-state index contributed by atoms with van der Waals surface area (Å²) in [5, 5.41) is 4.20. The number of rotatable bonds is 2. The molecule has 0 saturated carbocycles. The highest BCUT2D eigenvalue weighted by molar-refractivity contribution is 7.22. The zero-order valence-electron chi connectivity index (χ0n) is 13.3. The molecule has 118 valence electrons. The van der Waals surface area contributed by atoms with E-state index in [1.54, 1.807) is 23.7 Å². The second-order valence-electron chi connectivity index (χ2n) is 6.85. The quantitative estimate of drug-likeness (QED) is 0.925. The van der Waals surface area contributed by atoms with E-state index in [1.165, 1.54) is 0 Å². The second kappa shape index (κ2) is 5.83. The highest BCUT2D eigenvalue weighted by atomic mass is 32.1. The van der Waals surface area contributed by atoms with Gasteiger partial charge in [0.05, 0.1) is 10.9 Å². The van der Waals surface area contributed by atoms with Crippen LogP contribution >= 0.6 is 11.3 Å². The first-order valence-corrected chi connectivity index (χ1v) is 8.51. The number of carbonyl (C=O) groups excluding carboxylic acids is 1. The smallest absolute Gasteiger partial charge is 0.225 e. The van der Waals surface area contributed by atoms with Crippen molar-refractivity contribution in [2.75, 3.05) is 18.0 Å². The first kappa shape index (κ1) is 15.2. The minimum absolute atomic E-state index is 0.118. The zero-order valence-corrected chi connectivity index (χ0v) is 14.1. The molecule has 1 amide bonds. The Morgan fingerprint density at radius 1 is 1.45 bits per heavy atom. The van der Waals surface area contributed by atoms with Gasteiger partial charge in [-0.05, 0) is 18.9 Å². The van der Waals surface area contributed by atoms with Crippen molar-refractivity contribution in [3.63, 3.8) is 0 Å². The Bertz CT molecular complexity index is 643. The number of carbonyl (C=O) groups is 1. The summed E-state index contributed by atoms with van der Waals surface area (Å²) in [7, 11) is 0. The number of amides is 1. The molecule has 0 radical (unpaired) electrons. The Balaban J connectivity index is 1.71. The fourth-order valence-corrected chi connectivity index (χ4v) is 3.54. The molecule has 6 heteroatoms. The molecule has 1 unspecified atom stereocenters. The fourth-order valence-electron chi connectivity index (χ4n) is 2.57. The standard InChI is InChI=1S/C16H22N4OS/c1-16(2,3)14(21)18-11-5-4-8-20(10-11)15-19-12-9-17-7-6-13(12)22-15/h6-7,9,11H,4-5,8,10H2,1-3H3,(H,18,21). The van der Waals surface area contributed by atoms with E-state index in [-0.39, 0.29) is 17.4 Å². The van der Waals surface area contributed by atoms with Crippen LogP contribution in [0.15, 0.2) is 18.5 Å². The molecular weight excluding hydrogens is 296 g/mol. The molecule has 2 aromatic heterocycles. The zero-order chi connectivity index (χ0) is 15.7. The summed E-state index contributed by atoms with van der Waals surface area (Å²) >= 11 is 1.69. The maximum absolute atomic E-state index is 12.2. The molecule has 0 bridgehead atoms. The minimum Gasteiger partial charge on any atom is -0.351 e. The summed E-state index contributed by atoms with van der Waals surface area (Å²) in [5.41, 5.74) is 0.604. The van der Waals surface area contributed by atoms with Crippen molar-refractivity contribution < 1.29 is 4.79 Å². The first-order chi connectivity index (χ1) is 10.4. The van der Waals surface area contributed by atoms with Crippen LogP contribution in [-0.4, -0.2) is 35.0 Å². The van der Waals surface area contributed by atoms with E-state index in [4.69, 9.17) is 0 Å². The van der Waals surface area contributed by atoms with Crippen molar-refractivity contribution in [1.82, 2.24) is 15.3 Å². The average Bonchev–Trinajstić information content (AvgIpc) is 2.90. The van der Waals surface area contributed by atoms with Gasteiger partial charge in [0.25, 0.3) is 0 Å². The van der Waals surface area contributed by atoms with Gasteiger partial charge in [0.1, 0.15) is 5.52 Å². The first-order valence-electron chi connectivity index (χ1n) is 7.70. The van der Waals surface area contributed by atoms with Gasteiger partial charge in [-0.1, -0.05) is 32.1 Å². The van der Waals surface area contributed by atoms with E-state index in [2.05, 4.69) is 20.2 Å². The Morgan fingerprint density at radius 2 is 2.27 bits per heavy atom. The Kier molecular flexibility index (Phi) is 4.04. The van der Waals surface area contributed by atoms with E-state index < -0.39 is 0 Å². The van der Waals surface area contributed by atoms with Crippen LogP contribution < -0.4 is 10.2 Å². The van der Waals surface area contributed by atoms with E-state index in [9.17, 15) is 4.79 Å². The van der Waals surface area contributed by atoms with Gasteiger partial charge in [-0.3, -0.25) is 9.78 Å². The van der Waals surface area contributed by atoms with Crippen LogP contribution in [0.25, 0.3) is 10.2 Å². The van der Waals surface area contributed by atoms with Crippen molar-refractivity contribution in [2.45, 2.75) is 39.7 Å². The lowest BCUT2D eigenvalue weighted by Gasteiger charge is -2.34. The number of hydrogen-bond acceptors (Lipinski definition) is 5. The van der Waals surface area contributed by atoms with Gasteiger partial charge in [-0.25, -0.2) is 4.98 Å². The van der Waals surface area contributed by atoms with Gasteiger partial charge in [0, 0.05) is 30.7 Å². The third kappa shape index (κ3) is 3.21. The van der Waals surface area contributed by atoms with E-state index in [0.717, 1.165) is 41.3 Å². The van der Waals surface area contributed by atoms with Crippen LogP contribution in [-0.2, 0) is 4.79 Å². The third-order valence-electron chi connectivity index (χ3n) is 3.89. The van der Waals surface area contributed by atoms with Crippen LogP contribution in [0.2, 0.25) is 0 Å². The molecule has 1 atom stereocenters. The number of hydrogen-bond donors (Lipinski definition) is 1. The summed E-state index contributed by atoms with van der Waals surface area (Å²) < 4.78 is 1.16. The molecule has 3 heterocycles. The SMILES string of the molecule is CC(C)(C)C(=O)NC1CCCN(c2nc3cnccc3s2)C1. The Morgan fingerprint density at radius 3 is 3.00 bits per heavy atom. The molecular formula is C16H22N4OS. The topological polar surface area (TPSA) is 58.1 Å². The Labute approximate surface area is 134 Å². The molecule has 1 aliphatic rings. The predicted octanol–water partition coefficient (Wildman–Crippen LogP) is 2.82. The highest BCUT2D eigenvalue weighted by Gasteiger charge is 2.28. The minimum atomic E-state index is -0.343. The number of fused-ring (bicyclic) bond motifs is 1. The molecule has 2 aromatic rings.